The van der Waals surface area contributed by atoms with Gasteiger partial charge in [0.15, 0.2) is 0 Å². The highest BCUT2D eigenvalue weighted by atomic mass is 16.1. The van der Waals surface area contributed by atoms with Gasteiger partial charge in [0, 0.05) is 19.6 Å². The molecule has 0 spiro atoms. The molecule has 0 bridgehead atoms. The van der Waals surface area contributed by atoms with Crippen molar-refractivity contribution in [3.05, 3.63) is 0 Å². The van der Waals surface area contributed by atoms with E-state index in [1.165, 1.54) is 19.3 Å². The molecule has 1 aliphatic heterocycles. The van der Waals surface area contributed by atoms with Crippen LogP contribution in [0.1, 0.15) is 26.2 Å². The van der Waals surface area contributed by atoms with Crippen molar-refractivity contribution < 1.29 is 4.79 Å². The maximum atomic E-state index is 10.4. The SMILES string of the molecule is CC1CCCCN1N(C)C=O. The third kappa shape index (κ3) is 1.93. The summed E-state index contributed by atoms with van der Waals surface area (Å²) < 4.78 is 0. The number of hydrazine groups is 1. The van der Waals surface area contributed by atoms with Crippen LogP contribution in [0, 0.1) is 0 Å². The molecule has 1 amide bonds. The molecule has 0 aromatic rings. The van der Waals surface area contributed by atoms with E-state index in [9.17, 15) is 4.79 Å². The Hall–Kier alpha value is -0.570. The predicted molar refractivity (Wildman–Crippen MR) is 43.8 cm³/mol. The van der Waals surface area contributed by atoms with Gasteiger partial charge in [0.25, 0.3) is 0 Å². The van der Waals surface area contributed by atoms with Crippen LogP contribution in [0.4, 0.5) is 0 Å². The monoisotopic (exact) mass is 156 g/mol. The molecule has 64 valence electrons. The van der Waals surface area contributed by atoms with Crippen molar-refractivity contribution in [1.82, 2.24) is 10.0 Å². The van der Waals surface area contributed by atoms with E-state index in [-0.39, 0.29) is 0 Å². The number of hydrogen-bond donors (Lipinski definition) is 0. The summed E-state index contributed by atoms with van der Waals surface area (Å²) in [7, 11) is 1.81. The van der Waals surface area contributed by atoms with Crippen LogP contribution in [0.5, 0.6) is 0 Å². The van der Waals surface area contributed by atoms with Crippen LogP contribution in [0.15, 0.2) is 0 Å². The first-order valence-electron chi connectivity index (χ1n) is 4.20. The molecule has 0 N–H and O–H groups in total. The van der Waals surface area contributed by atoms with Crippen molar-refractivity contribution in [2.75, 3.05) is 13.6 Å². The molecule has 1 atom stereocenters. The molecule has 11 heavy (non-hydrogen) atoms. The van der Waals surface area contributed by atoms with Crippen LogP contribution in [0.25, 0.3) is 0 Å². The van der Waals surface area contributed by atoms with E-state index in [0.717, 1.165) is 13.0 Å². The lowest BCUT2D eigenvalue weighted by Gasteiger charge is -2.37. The van der Waals surface area contributed by atoms with E-state index in [0.29, 0.717) is 6.04 Å². The van der Waals surface area contributed by atoms with E-state index in [1.54, 1.807) is 5.01 Å². The highest BCUT2D eigenvalue weighted by molar-refractivity contribution is 5.45. The Balaban J connectivity index is 2.46. The van der Waals surface area contributed by atoms with Crippen molar-refractivity contribution >= 4 is 6.41 Å². The third-order valence-corrected chi connectivity index (χ3v) is 2.33. The second-order valence-electron chi connectivity index (χ2n) is 3.19. The highest BCUT2D eigenvalue weighted by Crippen LogP contribution is 2.16. The first-order valence-corrected chi connectivity index (χ1v) is 4.20. The van der Waals surface area contributed by atoms with Crippen LogP contribution in [0.2, 0.25) is 0 Å². The van der Waals surface area contributed by atoms with Gasteiger partial charge >= 0.3 is 0 Å². The fourth-order valence-corrected chi connectivity index (χ4v) is 1.61. The Kier molecular flexibility index (Phi) is 2.88. The molecule has 0 aromatic carbocycles. The summed E-state index contributed by atoms with van der Waals surface area (Å²) in [5.74, 6) is 0. The molecule has 1 unspecified atom stereocenters. The standard InChI is InChI=1S/C8H16N2O/c1-8-5-3-4-6-10(8)9(2)7-11/h7-8H,3-6H2,1-2H3. The van der Waals surface area contributed by atoms with E-state index >= 15 is 0 Å². The molecule has 3 heteroatoms. The second-order valence-corrected chi connectivity index (χ2v) is 3.19. The van der Waals surface area contributed by atoms with Crippen molar-refractivity contribution in [3.63, 3.8) is 0 Å². The van der Waals surface area contributed by atoms with E-state index < -0.39 is 0 Å². The zero-order valence-electron chi connectivity index (χ0n) is 7.29. The third-order valence-electron chi connectivity index (χ3n) is 2.33. The molecule has 0 aliphatic carbocycles. The number of carbonyl (C=O) groups excluding carboxylic acids is 1. The number of hydrogen-bond acceptors (Lipinski definition) is 2. The van der Waals surface area contributed by atoms with E-state index in [1.807, 2.05) is 7.05 Å². The Bertz CT molecular complexity index is 138. The molecule has 1 fully saturated rings. The van der Waals surface area contributed by atoms with Gasteiger partial charge < -0.3 is 0 Å². The molecule has 3 nitrogen and oxygen atoms in total. The van der Waals surface area contributed by atoms with Crippen LogP contribution >= 0.6 is 0 Å². The Morgan fingerprint density at radius 1 is 1.55 bits per heavy atom. The topological polar surface area (TPSA) is 23.6 Å². The second kappa shape index (κ2) is 3.72. The molecule has 1 rings (SSSR count). The van der Waals surface area contributed by atoms with Crippen LogP contribution < -0.4 is 0 Å². The molecule has 1 heterocycles. The van der Waals surface area contributed by atoms with Gasteiger partial charge in [-0.25, -0.2) is 5.01 Å². The lowest BCUT2D eigenvalue weighted by molar-refractivity contribution is -0.137. The van der Waals surface area contributed by atoms with Gasteiger partial charge in [-0.15, -0.1) is 0 Å². The van der Waals surface area contributed by atoms with Crippen LogP contribution in [0.3, 0.4) is 0 Å². The minimum absolute atomic E-state index is 0.527. The number of carbonyl (C=O) groups is 1. The smallest absolute Gasteiger partial charge is 0.223 e. The van der Waals surface area contributed by atoms with Crippen molar-refractivity contribution in [2.24, 2.45) is 0 Å². The lowest BCUT2D eigenvalue weighted by atomic mass is 10.1. The summed E-state index contributed by atoms with van der Waals surface area (Å²) in [4.78, 5) is 10.4. The Morgan fingerprint density at radius 2 is 2.27 bits per heavy atom. The molecule has 1 saturated heterocycles. The minimum Gasteiger partial charge on any atom is -0.281 e. The van der Waals surface area contributed by atoms with Gasteiger partial charge in [0.1, 0.15) is 0 Å². The lowest BCUT2D eigenvalue weighted by Crippen LogP contribution is -2.47. The number of piperidine rings is 1. The normalized spacial score (nSPS) is 26.5. The van der Waals surface area contributed by atoms with Crippen LogP contribution in [-0.4, -0.2) is 36.1 Å². The van der Waals surface area contributed by atoms with Crippen molar-refractivity contribution in [2.45, 2.75) is 32.2 Å². The number of rotatable bonds is 2. The van der Waals surface area contributed by atoms with Gasteiger partial charge in [-0.1, -0.05) is 6.42 Å². The highest BCUT2D eigenvalue weighted by Gasteiger charge is 2.20. The fourth-order valence-electron chi connectivity index (χ4n) is 1.61. The zero-order valence-corrected chi connectivity index (χ0v) is 7.29. The predicted octanol–water partition coefficient (Wildman–Crippen LogP) is 0.864. The van der Waals surface area contributed by atoms with Crippen molar-refractivity contribution in [3.8, 4) is 0 Å². The average molecular weight is 156 g/mol. The summed E-state index contributed by atoms with van der Waals surface area (Å²) in [6.07, 6.45) is 4.59. The summed E-state index contributed by atoms with van der Waals surface area (Å²) in [6, 6.07) is 0.527. The first kappa shape index (κ1) is 8.53. The Morgan fingerprint density at radius 3 is 2.82 bits per heavy atom. The van der Waals surface area contributed by atoms with Gasteiger partial charge in [-0.05, 0) is 19.8 Å². The molecular formula is C8H16N2O. The molecule has 1 aliphatic rings. The molecule has 0 radical (unpaired) electrons. The van der Waals surface area contributed by atoms with Crippen molar-refractivity contribution in [1.29, 1.82) is 0 Å². The van der Waals surface area contributed by atoms with Crippen LogP contribution in [-0.2, 0) is 4.79 Å². The maximum Gasteiger partial charge on any atom is 0.223 e. The van der Waals surface area contributed by atoms with Gasteiger partial charge in [0.2, 0.25) is 6.41 Å². The summed E-state index contributed by atoms with van der Waals surface area (Å²) in [6.45, 7) is 3.19. The molecule has 0 saturated carbocycles. The van der Waals surface area contributed by atoms with E-state index in [4.69, 9.17) is 0 Å². The summed E-state index contributed by atoms with van der Waals surface area (Å²) in [5, 5.41) is 3.78. The molecule has 0 aromatic heterocycles. The number of nitrogens with zero attached hydrogens (tertiary/aromatic N) is 2. The van der Waals surface area contributed by atoms with Gasteiger partial charge in [0.05, 0.1) is 0 Å². The maximum absolute atomic E-state index is 10.4. The molecular weight excluding hydrogens is 140 g/mol. The number of amides is 1. The summed E-state index contributed by atoms with van der Waals surface area (Å²) >= 11 is 0. The zero-order chi connectivity index (χ0) is 8.27. The average Bonchev–Trinajstić information content (AvgIpc) is 2.04. The van der Waals surface area contributed by atoms with Gasteiger partial charge in [-0.3, -0.25) is 9.80 Å². The minimum atomic E-state index is 0.527. The largest absolute Gasteiger partial charge is 0.281 e. The quantitative estimate of drug-likeness (QED) is 0.554. The fraction of sp³-hybridized carbons (Fsp3) is 0.875. The summed E-state index contributed by atoms with van der Waals surface area (Å²) in [5.41, 5.74) is 0. The first-order chi connectivity index (χ1) is 5.25. The Labute approximate surface area is 67.9 Å². The van der Waals surface area contributed by atoms with Gasteiger partial charge in [-0.2, -0.15) is 0 Å². The van der Waals surface area contributed by atoms with E-state index in [2.05, 4.69) is 11.9 Å².